The molecule has 2 aliphatic rings. The van der Waals surface area contributed by atoms with Crippen molar-refractivity contribution in [1.82, 2.24) is 20.4 Å². The van der Waals surface area contributed by atoms with Crippen LogP contribution in [0.2, 0.25) is 6.82 Å². The fourth-order valence-electron chi connectivity index (χ4n) is 4.41. The summed E-state index contributed by atoms with van der Waals surface area (Å²) in [6, 6.07) is 2.44. The van der Waals surface area contributed by atoms with Gasteiger partial charge in [-0.05, 0) is 0 Å². The zero-order valence-electron chi connectivity index (χ0n) is 21.3. The van der Waals surface area contributed by atoms with Crippen molar-refractivity contribution < 1.29 is 32.3 Å². The molecule has 0 saturated carbocycles. The number of allylic oxidation sites excluding steroid dienone is 1. The van der Waals surface area contributed by atoms with Crippen LogP contribution in [-0.2, 0) is 16.1 Å². The Kier molecular flexibility index (Phi) is 8.83. The second-order valence-electron chi connectivity index (χ2n) is 9.16. The van der Waals surface area contributed by atoms with Gasteiger partial charge in [0, 0.05) is 0 Å². The molecule has 0 aliphatic carbocycles. The molecule has 2 heterocycles. The van der Waals surface area contributed by atoms with Crippen molar-refractivity contribution in [3.05, 3.63) is 58.1 Å². The van der Waals surface area contributed by atoms with Crippen LogP contribution in [0.5, 0.6) is 0 Å². The minimum absolute atomic E-state index is 0.00120. The van der Waals surface area contributed by atoms with Crippen molar-refractivity contribution in [3.8, 4) is 0 Å². The topological polar surface area (TPSA) is 84.9 Å². The van der Waals surface area contributed by atoms with Gasteiger partial charge in [0.15, 0.2) is 0 Å². The van der Waals surface area contributed by atoms with E-state index in [-0.39, 0.29) is 47.7 Å². The number of hydrogen-bond donors (Lipinski definition) is 3. The van der Waals surface area contributed by atoms with E-state index < -0.39 is 41.8 Å². The number of fused-ring (bicyclic) bond motifs is 1. The van der Waals surface area contributed by atoms with E-state index in [9.17, 15) is 32.3 Å². The van der Waals surface area contributed by atoms with Crippen LogP contribution in [0, 0.1) is 11.6 Å². The van der Waals surface area contributed by atoms with Gasteiger partial charge in [0.1, 0.15) is 0 Å². The summed E-state index contributed by atoms with van der Waals surface area (Å²) in [6.45, 7) is 6.01. The van der Waals surface area contributed by atoms with Crippen molar-refractivity contribution >= 4 is 24.2 Å². The van der Waals surface area contributed by atoms with Crippen molar-refractivity contribution in [3.63, 3.8) is 0 Å². The van der Waals surface area contributed by atoms with Gasteiger partial charge in [0.25, 0.3) is 0 Å². The third-order valence-electron chi connectivity index (χ3n) is 6.49. The molecule has 1 atom stereocenters. The van der Waals surface area contributed by atoms with Gasteiger partial charge in [0.2, 0.25) is 0 Å². The molecule has 1 fully saturated rings. The molecule has 37 heavy (non-hydrogen) atoms. The van der Waals surface area contributed by atoms with E-state index in [1.54, 1.807) is 25.7 Å². The number of aliphatic hydroxyl groups excluding tert-OH is 1. The van der Waals surface area contributed by atoms with Crippen LogP contribution in [0.25, 0.3) is 0 Å². The summed E-state index contributed by atoms with van der Waals surface area (Å²) in [5, 5.41) is 16.8. The molecule has 200 valence electrons. The first kappa shape index (κ1) is 28.4. The van der Waals surface area contributed by atoms with Crippen LogP contribution in [0.15, 0.2) is 40.9 Å². The number of amides is 2. The quantitative estimate of drug-likeness (QED) is 0.343. The van der Waals surface area contributed by atoms with E-state index in [0.717, 1.165) is 13.0 Å². The predicted octanol–water partition coefficient (Wildman–Crippen LogP) is 2.73. The number of aliphatic hydroxyl groups is 1. The Hall–Kier alpha value is -3.15. The van der Waals surface area contributed by atoms with Crippen LogP contribution in [0.3, 0.4) is 0 Å². The van der Waals surface area contributed by atoms with Crippen LogP contribution in [-0.4, -0.2) is 77.8 Å². The zero-order chi connectivity index (χ0) is 27.5. The van der Waals surface area contributed by atoms with Crippen LogP contribution < -0.4 is 10.6 Å². The normalized spacial score (nSPS) is 18.8. The summed E-state index contributed by atoms with van der Waals surface area (Å²) in [7, 11) is 1.58. The zero-order valence-corrected chi connectivity index (χ0v) is 21.3. The van der Waals surface area contributed by atoms with Gasteiger partial charge in [-0.1, -0.05) is 0 Å². The number of nitrogens with zero attached hydrogens (tertiary/aromatic N) is 2. The molecule has 3 N–H and O–H groups in total. The Morgan fingerprint density at radius 2 is 2.00 bits per heavy atom. The first-order chi connectivity index (χ1) is 17.4. The van der Waals surface area contributed by atoms with E-state index in [1.165, 1.54) is 17.9 Å². The average Bonchev–Trinajstić information content (AvgIpc) is 3.23. The van der Waals surface area contributed by atoms with E-state index in [1.807, 2.05) is 0 Å². The molecule has 12 heteroatoms. The predicted molar refractivity (Wildman–Crippen MR) is 133 cm³/mol. The van der Waals surface area contributed by atoms with Gasteiger partial charge < -0.3 is 0 Å². The van der Waals surface area contributed by atoms with Gasteiger partial charge >= 0.3 is 214 Å². The number of rotatable bonds is 9. The summed E-state index contributed by atoms with van der Waals surface area (Å²) >= 11 is 0. The Bertz CT molecular complexity index is 1160. The number of alkyl halides is 2. The molecule has 2 aliphatic heterocycles. The van der Waals surface area contributed by atoms with E-state index in [4.69, 9.17) is 0 Å². The summed E-state index contributed by atoms with van der Waals surface area (Å²) in [5.74, 6) is -5.95. The van der Waals surface area contributed by atoms with Crippen LogP contribution in [0.1, 0.15) is 32.3 Å². The molecule has 2 amide bonds. The van der Waals surface area contributed by atoms with Gasteiger partial charge in [-0.25, -0.2) is 0 Å². The summed E-state index contributed by atoms with van der Waals surface area (Å²) in [4.78, 5) is 29.6. The van der Waals surface area contributed by atoms with Crippen molar-refractivity contribution in [1.29, 1.82) is 0 Å². The molecule has 1 aromatic rings. The second kappa shape index (κ2) is 11.5. The molecule has 1 aromatic carbocycles. The maximum absolute atomic E-state index is 14.1. The number of halogens is 4. The summed E-state index contributed by atoms with van der Waals surface area (Å²) in [6.07, 6.45) is -0.0328. The molecule has 1 saturated heterocycles. The third kappa shape index (κ3) is 6.23. The molecule has 3 rings (SSSR count). The Morgan fingerprint density at radius 1 is 1.30 bits per heavy atom. The minimum atomic E-state index is -2.89. The van der Waals surface area contributed by atoms with Gasteiger partial charge in [-0.2, -0.15) is 0 Å². The fourth-order valence-corrected chi connectivity index (χ4v) is 4.41. The average molecular weight is 522 g/mol. The Balaban J connectivity index is 2.01. The fraction of sp³-hybridized carbons (Fsp3) is 0.480. The van der Waals surface area contributed by atoms with E-state index in [2.05, 4.69) is 10.6 Å². The number of carbonyl (C=O) groups is 2. The van der Waals surface area contributed by atoms with Crippen molar-refractivity contribution in [2.75, 3.05) is 26.7 Å². The van der Waals surface area contributed by atoms with E-state index in [0.29, 0.717) is 24.7 Å². The number of carbonyl (C=O) groups excluding carboxylic acids is 2. The molecule has 0 spiro atoms. The van der Waals surface area contributed by atoms with Gasteiger partial charge in [0.05, 0.1) is 0 Å². The second-order valence-corrected chi connectivity index (χ2v) is 9.16. The number of benzene rings is 1. The number of nitrogens with one attached hydrogen (secondary N) is 2. The van der Waals surface area contributed by atoms with Crippen molar-refractivity contribution in [2.24, 2.45) is 0 Å². The molecule has 0 aromatic heterocycles. The first-order valence-electron chi connectivity index (χ1n) is 12.1. The Labute approximate surface area is 214 Å². The number of hydrogen-bond acceptors (Lipinski definition) is 5. The van der Waals surface area contributed by atoms with E-state index >= 15 is 0 Å². The molecule has 1 unspecified atom stereocenters. The molecule has 0 bridgehead atoms. The Morgan fingerprint density at radius 3 is 2.59 bits per heavy atom. The van der Waals surface area contributed by atoms with Gasteiger partial charge in [-0.3, -0.25) is 0 Å². The molecule has 0 radical (unpaired) electrons. The molecular weight excluding hydrogens is 491 g/mol. The monoisotopic (exact) mass is 522 g/mol. The summed E-state index contributed by atoms with van der Waals surface area (Å²) in [5.41, 5.74) is 0.581. The third-order valence-corrected chi connectivity index (χ3v) is 6.49. The van der Waals surface area contributed by atoms with Gasteiger partial charge in [-0.15, -0.1) is 0 Å². The SMILES string of the molecule is CB=C1C(O)=C(C(=O)N(C)CC)N2CCC(NCCC(C)(F)F)C2=C1C(=O)NCc1ccc(F)cc1F. The number of likely N-dealkylation sites (N-methyl/N-ethyl adjacent to an activating group) is 1. The van der Waals surface area contributed by atoms with Crippen LogP contribution >= 0.6 is 0 Å². The first-order valence-corrected chi connectivity index (χ1v) is 12.1. The molecule has 7 nitrogen and oxygen atoms in total. The van der Waals surface area contributed by atoms with Crippen LogP contribution in [0.4, 0.5) is 17.6 Å². The standard InChI is InChI=1S/C25H31BF4N4O3/c1-5-33(4)24(37)21-22(35)19(26-3)18(23(36)32-13-14-6-7-15(27)12-16(14)28)20-17(8-11-34(20)21)31-10-9-25(2,29)30/h6-7,12,17,31,35H,5,8-11,13H2,1-4H3,(H,32,36). The van der Waals surface area contributed by atoms with Crippen molar-refractivity contribution in [2.45, 2.75) is 52.0 Å². The maximum atomic E-state index is 14.1. The molecular formula is C25H31BF4N4O3. The summed E-state index contributed by atoms with van der Waals surface area (Å²) < 4.78 is 54.3.